The Morgan fingerprint density at radius 3 is 2.16 bits per heavy atom. The van der Waals surface area contributed by atoms with E-state index in [-0.39, 0.29) is 0 Å². The summed E-state index contributed by atoms with van der Waals surface area (Å²) in [6.45, 7) is 0. The van der Waals surface area contributed by atoms with Crippen molar-refractivity contribution >= 4 is 5.82 Å². The Balaban J connectivity index is 1.73. The largest absolute Gasteiger partial charge is 0.493 e. The molecule has 1 aromatic heterocycles. The number of nitrogens with zero attached hydrogens (tertiary/aromatic N) is 1. The molecule has 4 aliphatic carbocycles. The van der Waals surface area contributed by atoms with E-state index in [0.29, 0.717) is 17.0 Å². The second-order valence-electron chi connectivity index (χ2n) is 6.98. The number of hydrogen-bond donors (Lipinski definition) is 1. The fourth-order valence-corrected chi connectivity index (χ4v) is 5.35. The lowest BCUT2D eigenvalue weighted by Crippen LogP contribution is -2.48. The lowest BCUT2D eigenvalue weighted by Gasteiger charge is -2.56. The Morgan fingerprint density at radius 1 is 1.11 bits per heavy atom. The van der Waals surface area contributed by atoms with Crippen LogP contribution < -0.4 is 10.5 Å². The summed E-state index contributed by atoms with van der Waals surface area (Å²) in [6.07, 6.45) is 8.38. The van der Waals surface area contributed by atoms with Gasteiger partial charge in [0.05, 0.1) is 7.11 Å². The summed E-state index contributed by atoms with van der Waals surface area (Å²) in [5.41, 5.74) is 7.57. The summed E-state index contributed by atoms with van der Waals surface area (Å²) < 4.78 is 5.23. The van der Waals surface area contributed by atoms with Crippen LogP contribution in [0.4, 0.5) is 5.82 Å². The second-order valence-corrected chi connectivity index (χ2v) is 6.98. The normalized spacial score (nSPS) is 39.5. The van der Waals surface area contributed by atoms with E-state index in [2.05, 4.69) is 11.1 Å². The maximum absolute atomic E-state index is 6.01. The van der Waals surface area contributed by atoms with Gasteiger partial charge in [0.15, 0.2) is 11.6 Å². The first-order chi connectivity index (χ1) is 9.18. The molecule has 4 bridgehead atoms. The molecule has 19 heavy (non-hydrogen) atoms. The standard InChI is InChI=1S/C16H22N2O/c1-19-13-2-3-14(18-15(13)17)16-7-10-4-11(8-16)6-12(5-10)9-16/h2-3,10-12H,4-9H2,1H3,(H2,17,18). The number of methoxy groups -OCH3 is 1. The van der Waals surface area contributed by atoms with Crippen LogP contribution in [0, 0.1) is 17.8 Å². The highest BCUT2D eigenvalue weighted by Gasteiger charge is 2.52. The van der Waals surface area contributed by atoms with E-state index in [4.69, 9.17) is 10.5 Å². The van der Waals surface area contributed by atoms with Crippen LogP contribution in [0.25, 0.3) is 0 Å². The van der Waals surface area contributed by atoms with E-state index in [1.165, 1.54) is 44.2 Å². The van der Waals surface area contributed by atoms with Crippen molar-refractivity contribution in [3.05, 3.63) is 17.8 Å². The number of anilines is 1. The molecule has 5 rings (SSSR count). The topological polar surface area (TPSA) is 48.1 Å². The Bertz CT molecular complexity index is 476. The summed E-state index contributed by atoms with van der Waals surface area (Å²) in [4.78, 5) is 4.69. The number of hydrogen-bond acceptors (Lipinski definition) is 3. The molecule has 3 heteroatoms. The molecule has 1 heterocycles. The highest BCUT2D eigenvalue weighted by Crippen LogP contribution is 2.60. The second kappa shape index (κ2) is 3.87. The van der Waals surface area contributed by atoms with Gasteiger partial charge >= 0.3 is 0 Å². The van der Waals surface area contributed by atoms with Crippen molar-refractivity contribution in [1.82, 2.24) is 4.98 Å². The monoisotopic (exact) mass is 258 g/mol. The predicted molar refractivity (Wildman–Crippen MR) is 75.1 cm³/mol. The molecule has 0 aliphatic heterocycles. The molecule has 4 saturated carbocycles. The van der Waals surface area contributed by atoms with E-state index in [9.17, 15) is 0 Å². The molecular weight excluding hydrogens is 236 g/mol. The average Bonchev–Trinajstić information content (AvgIpc) is 2.37. The molecule has 0 aromatic carbocycles. The molecular formula is C16H22N2O. The minimum Gasteiger partial charge on any atom is -0.493 e. The molecule has 4 fully saturated rings. The maximum Gasteiger partial charge on any atom is 0.166 e. The zero-order valence-electron chi connectivity index (χ0n) is 11.6. The van der Waals surface area contributed by atoms with Crippen LogP contribution in [0.1, 0.15) is 44.2 Å². The number of nitrogen functional groups attached to an aromatic ring is 1. The van der Waals surface area contributed by atoms with Crippen molar-refractivity contribution in [3.8, 4) is 5.75 Å². The molecule has 0 radical (unpaired) electrons. The third-order valence-electron chi connectivity index (χ3n) is 5.69. The lowest BCUT2D eigenvalue weighted by atomic mass is 9.49. The summed E-state index contributed by atoms with van der Waals surface area (Å²) in [7, 11) is 1.65. The number of ether oxygens (including phenoxy) is 1. The Hall–Kier alpha value is -1.25. The van der Waals surface area contributed by atoms with Gasteiger partial charge in [-0.3, -0.25) is 0 Å². The molecule has 0 atom stereocenters. The van der Waals surface area contributed by atoms with Crippen LogP contribution in [0.5, 0.6) is 5.75 Å². The third-order valence-corrected chi connectivity index (χ3v) is 5.69. The van der Waals surface area contributed by atoms with Gasteiger partial charge in [0.25, 0.3) is 0 Å². The first-order valence-corrected chi connectivity index (χ1v) is 7.49. The van der Waals surface area contributed by atoms with Crippen LogP contribution in [0.3, 0.4) is 0 Å². The first kappa shape index (κ1) is 11.6. The van der Waals surface area contributed by atoms with Gasteiger partial charge in [-0.25, -0.2) is 4.98 Å². The minimum absolute atomic E-state index is 0.329. The third kappa shape index (κ3) is 1.67. The van der Waals surface area contributed by atoms with Gasteiger partial charge in [-0.2, -0.15) is 0 Å². The quantitative estimate of drug-likeness (QED) is 0.886. The van der Waals surface area contributed by atoms with Crippen molar-refractivity contribution in [1.29, 1.82) is 0 Å². The van der Waals surface area contributed by atoms with Crippen molar-refractivity contribution in [2.45, 2.75) is 43.9 Å². The number of aromatic nitrogens is 1. The highest BCUT2D eigenvalue weighted by atomic mass is 16.5. The van der Waals surface area contributed by atoms with E-state index in [1.807, 2.05) is 6.07 Å². The summed E-state index contributed by atoms with van der Waals surface area (Å²) >= 11 is 0. The van der Waals surface area contributed by atoms with Gasteiger partial charge < -0.3 is 10.5 Å². The maximum atomic E-state index is 6.01. The molecule has 0 unspecified atom stereocenters. The van der Waals surface area contributed by atoms with E-state index in [0.717, 1.165) is 17.8 Å². The Morgan fingerprint density at radius 2 is 1.68 bits per heavy atom. The van der Waals surface area contributed by atoms with Crippen LogP contribution in [0.15, 0.2) is 12.1 Å². The van der Waals surface area contributed by atoms with Crippen molar-refractivity contribution < 1.29 is 4.74 Å². The predicted octanol–water partition coefficient (Wildman–Crippen LogP) is 3.14. The number of pyridine rings is 1. The average molecular weight is 258 g/mol. The van der Waals surface area contributed by atoms with E-state index >= 15 is 0 Å². The van der Waals surface area contributed by atoms with E-state index < -0.39 is 0 Å². The van der Waals surface area contributed by atoms with Crippen molar-refractivity contribution in [2.24, 2.45) is 17.8 Å². The molecule has 3 nitrogen and oxygen atoms in total. The summed E-state index contributed by atoms with van der Waals surface area (Å²) in [6, 6.07) is 4.15. The molecule has 0 spiro atoms. The Labute approximate surface area is 114 Å². The zero-order chi connectivity index (χ0) is 13.0. The first-order valence-electron chi connectivity index (χ1n) is 7.49. The van der Waals surface area contributed by atoms with Gasteiger partial charge in [-0.1, -0.05) is 0 Å². The molecule has 4 aliphatic rings. The number of rotatable bonds is 2. The van der Waals surface area contributed by atoms with Gasteiger partial charge in [-0.05, 0) is 68.4 Å². The fourth-order valence-electron chi connectivity index (χ4n) is 5.35. The molecule has 102 valence electrons. The lowest BCUT2D eigenvalue weighted by molar-refractivity contribution is -0.00715. The van der Waals surface area contributed by atoms with Crippen LogP contribution in [-0.4, -0.2) is 12.1 Å². The van der Waals surface area contributed by atoms with Gasteiger partial charge in [0, 0.05) is 11.1 Å². The van der Waals surface area contributed by atoms with E-state index in [1.54, 1.807) is 7.11 Å². The molecule has 0 amide bonds. The Kier molecular flexibility index (Phi) is 2.36. The van der Waals surface area contributed by atoms with Crippen LogP contribution >= 0.6 is 0 Å². The summed E-state index contributed by atoms with van der Waals surface area (Å²) in [5, 5.41) is 0. The minimum atomic E-state index is 0.329. The zero-order valence-corrected chi connectivity index (χ0v) is 11.6. The van der Waals surface area contributed by atoms with Crippen molar-refractivity contribution in [3.63, 3.8) is 0 Å². The van der Waals surface area contributed by atoms with Gasteiger partial charge in [-0.15, -0.1) is 0 Å². The van der Waals surface area contributed by atoms with Crippen LogP contribution in [-0.2, 0) is 5.41 Å². The molecule has 1 aromatic rings. The van der Waals surface area contributed by atoms with Gasteiger partial charge in [0.2, 0.25) is 0 Å². The van der Waals surface area contributed by atoms with Crippen LogP contribution in [0.2, 0.25) is 0 Å². The molecule has 2 N–H and O–H groups in total. The van der Waals surface area contributed by atoms with Crippen molar-refractivity contribution in [2.75, 3.05) is 12.8 Å². The smallest absolute Gasteiger partial charge is 0.166 e. The SMILES string of the molecule is COc1ccc(C23CC4CC(CC(C4)C2)C3)nc1N. The highest BCUT2D eigenvalue weighted by molar-refractivity contribution is 5.47. The number of nitrogens with two attached hydrogens (primary N) is 1. The fraction of sp³-hybridized carbons (Fsp3) is 0.688. The molecule has 0 saturated heterocycles. The van der Waals surface area contributed by atoms with Gasteiger partial charge in [0.1, 0.15) is 0 Å². The summed E-state index contributed by atoms with van der Waals surface area (Å²) in [5.74, 6) is 4.08.